The van der Waals surface area contributed by atoms with E-state index in [1.54, 1.807) is 43.3 Å². The number of Topliss-reactive ketones (excluding diaryl/α,β-unsaturated/α-hetero) is 1. The van der Waals surface area contributed by atoms with E-state index in [0.29, 0.717) is 40.0 Å². The van der Waals surface area contributed by atoms with E-state index < -0.39 is 12.1 Å². The Kier molecular flexibility index (Phi) is 5.17. The fourth-order valence-corrected chi connectivity index (χ4v) is 3.37. The normalized spacial score (nSPS) is 17.1. The zero-order valence-corrected chi connectivity index (χ0v) is 16.4. The lowest BCUT2D eigenvalue weighted by Gasteiger charge is -2.20. The van der Waals surface area contributed by atoms with Gasteiger partial charge in [-0.15, -0.1) is 0 Å². The molecule has 0 saturated heterocycles. The third-order valence-corrected chi connectivity index (χ3v) is 4.70. The highest BCUT2D eigenvalue weighted by Crippen LogP contribution is 2.38. The van der Waals surface area contributed by atoms with Crippen LogP contribution in [0.1, 0.15) is 28.4 Å². The molecule has 1 atom stereocenters. The summed E-state index contributed by atoms with van der Waals surface area (Å²) in [6.45, 7) is 2.07. The lowest BCUT2D eigenvalue weighted by Crippen LogP contribution is -2.24. The van der Waals surface area contributed by atoms with Crippen molar-refractivity contribution >= 4 is 29.4 Å². The van der Waals surface area contributed by atoms with Gasteiger partial charge < -0.3 is 23.7 Å². The van der Waals surface area contributed by atoms with E-state index in [2.05, 4.69) is 4.74 Å². The lowest BCUT2D eigenvalue weighted by molar-refractivity contribution is -0.147. The molecule has 0 saturated carbocycles. The number of carbonyl (C=O) groups is 2. The molecule has 29 heavy (non-hydrogen) atoms. The fraction of sp³-hybridized carbons (Fsp3) is 0.238. The van der Waals surface area contributed by atoms with E-state index in [9.17, 15) is 9.59 Å². The minimum absolute atomic E-state index is 0.124. The van der Waals surface area contributed by atoms with E-state index in [1.807, 2.05) is 0 Å². The second-order valence-corrected chi connectivity index (χ2v) is 6.91. The van der Waals surface area contributed by atoms with E-state index in [1.165, 1.54) is 7.11 Å². The number of halogens is 1. The van der Waals surface area contributed by atoms with Crippen LogP contribution >= 0.6 is 11.6 Å². The molecule has 2 aliphatic heterocycles. The fourth-order valence-electron chi connectivity index (χ4n) is 3.12. The minimum atomic E-state index is -0.789. The Bertz CT molecular complexity index is 1030. The number of fused-ring (bicyclic) bond motifs is 2. The maximum Gasteiger partial charge on any atom is 0.346 e. The van der Waals surface area contributed by atoms with Crippen LogP contribution in [0.15, 0.2) is 36.1 Å². The molecule has 0 aliphatic carbocycles. The highest BCUT2D eigenvalue weighted by atomic mass is 35.5. The van der Waals surface area contributed by atoms with Crippen molar-refractivity contribution in [3.8, 4) is 17.2 Å². The van der Waals surface area contributed by atoms with Gasteiger partial charge in [0.2, 0.25) is 5.78 Å². The van der Waals surface area contributed by atoms with Crippen LogP contribution in [0.3, 0.4) is 0 Å². The predicted octanol–water partition coefficient (Wildman–Crippen LogP) is 3.76. The molecule has 150 valence electrons. The monoisotopic (exact) mass is 416 g/mol. The molecule has 2 aliphatic rings. The molecule has 0 radical (unpaired) electrons. The van der Waals surface area contributed by atoms with Crippen molar-refractivity contribution in [3.05, 3.63) is 57.8 Å². The molecule has 7 nitrogen and oxygen atoms in total. The van der Waals surface area contributed by atoms with Crippen LogP contribution in [0.2, 0.25) is 5.02 Å². The number of rotatable bonds is 4. The third-order valence-electron chi connectivity index (χ3n) is 4.48. The Labute approximate surface area is 171 Å². The summed E-state index contributed by atoms with van der Waals surface area (Å²) in [7, 11) is 1.29. The summed E-state index contributed by atoms with van der Waals surface area (Å²) in [5, 5.41) is 0.500. The van der Waals surface area contributed by atoms with Gasteiger partial charge in [0.05, 0.1) is 19.3 Å². The van der Waals surface area contributed by atoms with E-state index in [4.69, 9.17) is 30.5 Å². The molecule has 1 unspecified atom stereocenters. The van der Waals surface area contributed by atoms with Gasteiger partial charge in [0.1, 0.15) is 17.2 Å². The molecule has 0 N–H and O–H groups in total. The number of carbonyl (C=O) groups excluding carboxylic acids is 2. The zero-order valence-electron chi connectivity index (χ0n) is 15.7. The van der Waals surface area contributed by atoms with Crippen molar-refractivity contribution < 1.29 is 33.3 Å². The molecule has 8 heteroatoms. The van der Waals surface area contributed by atoms with Gasteiger partial charge in [0.25, 0.3) is 0 Å². The zero-order chi connectivity index (χ0) is 20.5. The van der Waals surface area contributed by atoms with Crippen molar-refractivity contribution in [1.82, 2.24) is 0 Å². The SMILES string of the molecule is COC(=O)C(C)Oc1ccc2c(c1)O/C(=C\c1cc(Cl)cc3c1OCOC3)C2=O. The van der Waals surface area contributed by atoms with Gasteiger partial charge in [-0.3, -0.25) is 4.79 Å². The van der Waals surface area contributed by atoms with Crippen LogP contribution in [-0.2, 0) is 20.9 Å². The van der Waals surface area contributed by atoms with Gasteiger partial charge in [-0.1, -0.05) is 11.6 Å². The number of hydrogen-bond donors (Lipinski definition) is 0. The molecular weight excluding hydrogens is 400 g/mol. The van der Waals surface area contributed by atoms with E-state index >= 15 is 0 Å². The molecule has 0 bridgehead atoms. The number of allylic oxidation sites excluding steroid dienone is 1. The van der Waals surface area contributed by atoms with Crippen molar-refractivity contribution in [3.63, 3.8) is 0 Å². The summed E-state index contributed by atoms with van der Waals surface area (Å²) < 4.78 is 26.8. The predicted molar refractivity (Wildman–Crippen MR) is 103 cm³/mol. The summed E-state index contributed by atoms with van der Waals surface area (Å²) >= 11 is 6.18. The highest BCUT2D eigenvalue weighted by molar-refractivity contribution is 6.31. The van der Waals surface area contributed by atoms with Crippen LogP contribution < -0.4 is 14.2 Å². The highest BCUT2D eigenvalue weighted by Gasteiger charge is 2.29. The Hall–Kier alpha value is -3.03. The average Bonchev–Trinajstić information content (AvgIpc) is 3.02. The van der Waals surface area contributed by atoms with Gasteiger partial charge in [0, 0.05) is 22.2 Å². The molecule has 0 fully saturated rings. The maximum atomic E-state index is 12.7. The molecule has 2 aromatic carbocycles. The van der Waals surface area contributed by atoms with Crippen LogP contribution in [0.4, 0.5) is 0 Å². The van der Waals surface area contributed by atoms with Crippen molar-refractivity contribution in [2.45, 2.75) is 19.6 Å². The number of ether oxygens (including phenoxy) is 5. The third kappa shape index (κ3) is 3.79. The van der Waals surface area contributed by atoms with Crippen LogP contribution in [0.25, 0.3) is 6.08 Å². The number of esters is 1. The summed E-state index contributed by atoms with van der Waals surface area (Å²) in [6.07, 6.45) is 0.804. The standard InChI is InChI=1S/C21H17ClO7/c1-11(21(24)25-2)28-15-3-4-16-17(8-15)29-18(19(16)23)7-12-5-14(22)6-13-9-26-10-27-20(12)13/h3-8,11H,9-10H2,1-2H3/b18-7-. The van der Waals surface area contributed by atoms with Gasteiger partial charge in [0.15, 0.2) is 18.7 Å². The Balaban J connectivity index is 1.62. The molecular formula is C21H17ClO7. The maximum absolute atomic E-state index is 12.7. The first kappa shape index (κ1) is 19.3. The molecule has 0 aromatic heterocycles. The van der Waals surface area contributed by atoms with Crippen molar-refractivity contribution in [2.24, 2.45) is 0 Å². The second-order valence-electron chi connectivity index (χ2n) is 6.47. The first-order valence-electron chi connectivity index (χ1n) is 8.82. The smallest absolute Gasteiger partial charge is 0.346 e. The van der Waals surface area contributed by atoms with Gasteiger partial charge >= 0.3 is 5.97 Å². The second kappa shape index (κ2) is 7.77. The van der Waals surface area contributed by atoms with Crippen LogP contribution in [0.5, 0.6) is 17.2 Å². The quantitative estimate of drug-likeness (QED) is 0.554. The number of methoxy groups -OCH3 is 1. The minimum Gasteiger partial charge on any atom is -0.479 e. The van der Waals surface area contributed by atoms with E-state index in [-0.39, 0.29) is 18.3 Å². The summed E-state index contributed by atoms with van der Waals surface area (Å²) in [4.78, 5) is 24.3. The van der Waals surface area contributed by atoms with Gasteiger partial charge in [-0.2, -0.15) is 0 Å². The molecule has 4 rings (SSSR count). The van der Waals surface area contributed by atoms with Crippen LogP contribution in [-0.4, -0.2) is 31.8 Å². The molecule has 0 spiro atoms. The first-order valence-corrected chi connectivity index (χ1v) is 9.20. The van der Waals surface area contributed by atoms with Crippen molar-refractivity contribution in [1.29, 1.82) is 0 Å². The summed E-state index contributed by atoms with van der Waals surface area (Å²) in [5.74, 6) is 0.701. The van der Waals surface area contributed by atoms with E-state index in [0.717, 1.165) is 5.56 Å². The van der Waals surface area contributed by atoms with Gasteiger partial charge in [-0.05, 0) is 37.3 Å². The molecule has 2 heterocycles. The number of ketones is 1. The largest absolute Gasteiger partial charge is 0.479 e. The topological polar surface area (TPSA) is 80.3 Å². The van der Waals surface area contributed by atoms with Gasteiger partial charge in [-0.25, -0.2) is 4.79 Å². The lowest BCUT2D eigenvalue weighted by atomic mass is 10.1. The van der Waals surface area contributed by atoms with Crippen molar-refractivity contribution in [2.75, 3.05) is 13.9 Å². The summed E-state index contributed by atoms with van der Waals surface area (Å²) in [5.41, 5.74) is 1.82. The Morgan fingerprint density at radius 1 is 1.28 bits per heavy atom. The molecule has 0 amide bonds. The first-order chi connectivity index (χ1) is 14.0. The Morgan fingerprint density at radius 2 is 2.10 bits per heavy atom. The average molecular weight is 417 g/mol. The number of hydrogen-bond acceptors (Lipinski definition) is 7. The number of benzene rings is 2. The van der Waals surface area contributed by atoms with Crippen LogP contribution in [0, 0.1) is 0 Å². The Morgan fingerprint density at radius 3 is 2.90 bits per heavy atom. The molecule has 2 aromatic rings. The summed E-state index contributed by atoms with van der Waals surface area (Å²) in [6, 6.07) is 8.21.